The number of halogens is 1. The molecular formula is C14H15ClN2O3S. The molecule has 0 aliphatic carbocycles. The van der Waals surface area contributed by atoms with Crippen molar-refractivity contribution in [1.82, 2.24) is 9.71 Å². The summed E-state index contributed by atoms with van der Waals surface area (Å²) >= 11 is 5.81. The Kier molecular flexibility index (Phi) is 4.82. The molecule has 5 nitrogen and oxygen atoms in total. The molecule has 1 heterocycles. The van der Waals surface area contributed by atoms with Crippen LogP contribution in [-0.2, 0) is 16.4 Å². The fourth-order valence-electron chi connectivity index (χ4n) is 1.91. The average molecular weight is 327 g/mol. The monoisotopic (exact) mass is 326 g/mol. The summed E-state index contributed by atoms with van der Waals surface area (Å²) in [7, 11) is -3.65. The smallest absolute Gasteiger partial charge is 0.247 e. The summed E-state index contributed by atoms with van der Waals surface area (Å²) in [4.78, 5) is 13.3. The second kappa shape index (κ2) is 6.43. The van der Waals surface area contributed by atoms with E-state index in [9.17, 15) is 13.2 Å². The summed E-state index contributed by atoms with van der Waals surface area (Å²) in [6.45, 7) is 1.78. The largest absolute Gasteiger partial charge is 0.328 e. The van der Waals surface area contributed by atoms with Gasteiger partial charge in [-0.3, -0.25) is 4.79 Å². The van der Waals surface area contributed by atoms with Crippen LogP contribution in [0.4, 0.5) is 0 Å². The van der Waals surface area contributed by atoms with Gasteiger partial charge in [-0.2, -0.15) is 0 Å². The van der Waals surface area contributed by atoms with Crippen molar-refractivity contribution in [3.05, 3.63) is 63.5 Å². The topological polar surface area (TPSA) is 79.0 Å². The summed E-state index contributed by atoms with van der Waals surface area (Å²) in [5, 5.41) is 0.639. The van der Waals surface area contributed by atoms with Gasteiger partial charge >= 0.3 is 0 Å². The van der Waals surface area contributed by atoms with Crippen molar-refractivity contribution in [1.29, 1.82) is 0 Å². The molecule has 2 rings (SSSR count). The first-order chi connectivity index (χ1) is 9.87. The summed E-state index contributed by atoms with van der Waals surface area (Å²) < 4.78 is 26.9. The Hall–Kier alpha value is -1.63. The van der Waals surface area contributed by atoms with Gasteiger partial charge in [0.1, 0.15) is 0 Å². The van der Waals surface area contributed by atoms with Crippen molar-refractivity contribution < 1.29 is 8.42 Å². The van der Waals surface area contributed by atoms with Gasteiger partial charge in [0.2, 0.25) is 15.6 Å². The third kappa shape index (κ3) is 4.42. The third-order valence-electron chi connectivity index (χ3n) is 2.88. The fourth-order valence-corrected chi connectivity index (χ4v) is 3.25. The van der Waals surface area contributed by atoms with Crippen LogP contribution in [0.5, 0.6) is 0 Å². The Morgan fingerprint density at radius 2 is 1.86 bits per heavy atom. The van der Waals surface area contributed by atoms with Crippen LogP contribution in [0, 0.1) is 0 Å². The minimum Gasteiger partial charge on any atom is -0.328 e. The van der Waals surface area contributed by atoms with Crippen molar-refractivity contribution in [2.75, 3.05) is 0 Å². The zero-order chi connectivity index (χ0) is 15.5. The number of rotatable bonds is 5. The van der Waals surface area contributed by atoms with Gasteiger partial charge in [0.15, 0.2) is 0 Å². The molecular weight excluding hydrogens is 312 g/mol. The van der Waals surface area contributed by atoms with Gasteiger partial charge in [0.05, 0.1) is 4.90 Å². The van der Waals surface area contributed by atoms with Crippen molar-refractivity contribution in [3.63, 3.8) is 0 Å². The van der Waals surface area contributed by atoms with Crippen molar-refractivity contribution in [2.45, 2.75) is 24.3 Å². The van der Waals surface area contributed by atoms with Crippen LogP contribution in [0.1, 0.15) is 12.5 Å². The van der Waals surface area contributed by atoms with Gasteiger partial charge in [0, 0.05) is 23.3 Å². The summed E-state index contributed by atoms with van der Waals surface area (Å²) in [6.07, 6.45) is 1.72. The van der Waals surface area contributed by atoms with Crippen LogP contribution >= 0.6 is 11.6 Å². The van der Waals surface area contributed by atoms with Crippen LogP contribution in [0.2, 0.25) is 5.02 Å². The van der Waals surface area contributed by atoms with Crippen LogP contribution in [0.25, 0.3) is 0 Å². The van der Waals surface area contributed by atoms with Gasteiger partial charge in [0.25, 0.3) is 0 Å². The number of nitrogens with one attached hydrogen (secondary N) is 2. The van der Waals surface area contributed by atoms with E-state index in [1.807, 2.05) is 12.1 Å². The molecule has 112 valence electrons. The standard InChI is InChI=1S/C14H15ClN2O3S/c1-10(8-11-2-4-12(15)5-3-11)17-21(19,20)13-6-7-14(18)16-9-13/h2-7,9-10,17H,8H2,1H3,(H,16,18). The summed E-state index contributed by atoms with van der Waals surface area (Å²) in [5.41, 5.74) is 0.638. The van der Waals surface area contributed by atoms with Gasteiger partial charge in [-0.25, -0.2) is 13.1 Å². The molecule has 1 unspecified atom stereocenters. The molecule has 0 amide bonds. The Labute approximate surface area is 128 Å². The zero-order valence-corrected chi connectivity index (χ0v) is 12.9. The van der Waals surface area contributed by atoms with Crippen LogP contribution < -0.4 is 10.3 Å². The van der Waals surface area contributed by atoms with E-state index in [1.54, 1.807) is 19.1 Å². The second-order valence-corrected chi connectivity index (χ2v) is 6.89. The number of H-pyrrole nitrogens is 1. The van der Waals surface area contributed by atoms with Gasteiger partial charge in [-0.1, -0.05) is 23.7 Å². The van der Waals surface area contributed by atoms with Gasteiger partial charge in [-0.15, -0.1) is 0 Å². The molecule has 2 aromatic rings. The molecule has 0 aliphatic rings. The predicted molar refractivity (Wildman–Crippen MR) is 82.0 cm³/mol. The average Bonchev–Trinajstić information content (AvgIpc) is 2.41. The highest BCUT2D eigenvalue weighted by atomic mass is 35.5. The highest BCUT2D eigenvalue weighted by molar-refractivity contribution is 7.89. The number of aromatic amines is 1. The van der Waals surface area contributed by atoms with E-state index >= 15 is 0 Å². The van der Waals surface area contributed by atoms with Crippen molar-refractivity contribution >= 4 is 21.6 Å². The molecule has 7 heteroatoms. The zero-order valence-electron chi connectivity index (χ0n) is 11.3. The molecule has 0 radical (unpaired) electrons. The molecule has 0 fully saturated rings. The molecule has 2 N–H and O–H groups in total. The van der Waals surface area contributed by atoms with E-state index in [2.05, 4.69) is 9.71 Å². The molecule has 0 spiro atoms. The van der Waals surface area contributed by atoms with Gasteiger partial charge < -0.3 is 4.98 Å². The minimum absolute atomic E-state index is 0.0325. The predicted octanol–water partition coefficient (Wildman–Crippen LogP) is 1.94. The Morgan fingerprint density at radius 3 is 2.43 bits per heavy atom. The summed E-state index contributed by atoms with van der Waals surface area (Å²) in [5.74, 6) is 0. The normalized spacial score (nSPS) is 13.0. The molecule has 0 saturated carbocycles. The van der Waals surface area contributed by atoms with E-state index in [0.29, 0.717) is 11.4 Å². The molecule has 1 atom stereocenters. The van der Waals surface area contributed by atoms with E-state index < -0.39 is 10.0 Å². The quantitative estimate of drug-likeness (QED) is 0.881. The number of sulfonamides is 1. The Morgan fingerprint density at radius 1 is 1.19 bits per heavy atom. The number of hydrogen-bond donors (Lipinski definition) is 2. The number of hydrogen-bond acceptors (Lipinski definition) is 3. The number of pyridine rings is 1. The first-order valence-corrected chi connectivity index (χ1v) is 8.18. The third-order valence-corrected chi connectivity index (χ3v) is 4.72. The van der Waals surface area contributed by atoms with Crippen LogP contribution in [0.15, 0.2) is 52.3 Å². The van der Waals surface area contributed by atoms with E-state index in [0.717, 1.165) is 5.56 Å². The molecule has 21 heavy (non-hydrogen) atoms. The van der Waals surface area contributed by atoms with Gasteiger partial charge in [-0.05, 0) is 37.1 Å². The van der Waals surface area contributed by atoms with Crippen LogP contribution in [0.3, 0.4) is 0 Å². The Bertz CT molecular complexity index is 749. The van der Waals surface area contributed by atoms with E-state index in [1.165, 1.54) is 18.3 Å². The molecule has 1 aromatic carbocycles. The summed E-state index contributed by atoms with van der Waals surface area (Å²) in [6, 6.07) is 9.40. The lowest BCUT2D eigenvalue weighted by molar-refractivity contribution is 0.559. The maximum atomic E-state index is 12.1. The molecule has 1 aromatic heterocycles. The molecule has 0 bridgehead atoms. The lowest BCUT2D eigenvalue weighted by atomic mass is 10.1. The second-order valence-electron chi connectivity index (χ2n) is 4.74. The maximum Gasteiger partial charge on any atom is 0.247 e. The minimum atomic E-state index is -3.65. The maximum absolute atomic E-state index is 12.1. The fraction of sp³-hybridized carbons (Fsp3) is 0.214. The van der Waals surface area contributed by atoms with Crippen molar-refractivity contribution in [3.8, 4) is 0 Å². The first kappa shape index (κ1) is 15.8. The lowest BCUT2D eigenvalue weighted by Crippen LogP contribution is -2.34. The molecule has 0 saturated heterocycles. The highest BCUT2D eigenvalue weighted by Gasteiger charge is 2.17. The van der Waals surface area contributed by atoms with Crippen molar-refractivity contribution in [2.24, 2.45) is 0 Å². The first-order valence-electron chi connectivity index (χ1n) is 6.32. The lowest BCUT2D eigenvalue weighted by Gasteiger charge is -2.14. The SMILES string of the molecule is CC(Cc1ccc(Cl)cc1)NS(=O)(=O)c1ccc(=O)[nH]c1. The highest BCUT2D eigenvalue weighted by Crippen LogP contribution is 2.12. The van der Waals surface area contributed by atoms with E-state index in [4.69, 9.17) is 11.6 Å². The number of benzene rings is 1. The molecule has 0 aliphatic heterocycles. The van der Waals surface area contributed by atoms with E-state index in [-0.39, 0.29) is 16.5 Å². The van der Waals surface area contributed by atoms with Crippen LogP contribution in [-0.4, -0.2) is 19.4 Å². The Balaban J connectivity index is 2.07. The number of aromatic nitrogens is 1.